The highest BCUT2D eigenvalue weighted by Gasteiger charge is 2.19. The number of ether oxygens (including phenoxy) is 3. The Morgan fingerprint density at radius 1 is 0.300 bits per heavy atom. The molecule has 1 atom stereocenters. The standard InChI is InChI=1S/C64H112O6/c1-4-7-10-13-16-19-22-24-26-28-30-31-32-33-35-36-38-40-42-45-48-51-54-57-63(66)69-60-61(59-68-62(65)56-53-50-47-44-21-18-15-12-9-6-3)70-64(67)58-55-52-49-46-43-41-39-37-34-29-27-25-23-20-17-14-11-8-5-2/h8,11,17,20,25,27-28,30,34,37,41,43,61H,4-7,9-10,12-16,18-19,21-24,26,29,31-33,35-36,38-40,42,44-60H2,1-3H3/b11-8-,20-17-,27-25-,30-28-,37-34-,43-41-. The van der Waals surface area contributed by atoms with Crippen molar-refractivity contribution in [1.29, 1.82) is 0 Å². The van der Waals surface area contributed by atoms with Gasteiger partial charge in [-0.15, -0.1) is 0 Å². The Kier molecular flexibility index (Phi) is 55.8. The van der Waals surface area contributed by atoms with Crippen LogP contribution in [-0.4, -0.2) is 37.2 Å². The van der Waals surface area contributed by atoms with Gasteiger partial charge >= 0.3 is 17.9 Å². The van der Waals surface area contributed by atoms with Crippen LogP contribution in [0.4, 0.5) is 0 Å². The number of allylic oxidation sites excluding steroid dienone is 12. The quantitative estimate of drug-likeness (QED) is 0.0261. The molecule has 0 aliphatic heterocycles. The van der Waals surface area contributed by atoms with Gasteiger partial charge in [-0.25, -0.2) is 0 Å². The normalized spacial score (nSPS) is 12.6. The number of rotatable bonds is 54. The van der Waals surface area contributed by atoms with E-state index in [4.69, 9.17) is 14.2 Å². The van der Waals surface area contributed by atoms with Crippen LogP contribution in [0.5, 0.6) is 0 Å². The van der Waals surface area contributed by atoms with Crippen molar-refractivity contribution in [2.45, 2.75) is 303 Å². The summed E-state index contributed by atoms with van der Waals surface area (Å²) in [5.41, 5.74) is 0. The average molecular weight is 978 g/mol. The lowest BCUT2D eigenvalue weighted by Crippen LogP contribution is -2.30. The van der Waals surface area contributed by atoms with E-state index in [9.17, 15) is 14.4 Å². The summed E-state index contributed by atoms with van der Waals surface area (Å²) < 4.78 is 16.8. The van der Waals surface area contributed by atoms with Gasteiger partial charge in [0.15, 0.2) is 6.10 Å². The zero-order valence-corrected chi connectivity index (χ0v) is 46.3. The number of carbonyl (C=O) groups is 3. The Labute approximate surface area is 433 Å². The molecule has 0 N–H and O–H groups in total. The molecule has 0 aromatic rings. The maximum absolute atomic E-state index is 12.8. The lowest BCUT2D eigenvalue weighted by atomic mass is 10.0. The zero-order chi connectivity index (χ0) is 50.7. The zero-order valence-electron chi connectivity index (χ0n) is 46.3. The van der Waals surface area contributed by atoms with Gasteiger partial charge in [0, 0.05) is 19.3 Å². The molecule has 0 saturated carbocycles. The van der Waals surface area contributed by atoms with E-state index < -0.39 is 6.10 Å². The summed E-state index contributed by atoms with van der Waals surface area (Å²) in [6.45, 7) is 6.51. The van der Waals surface area contributed by atoms with Gasteiger partial charge in [0.1, 0.15) is 13.2 Å². The van der Waals surface area contributed by atoms with Gasteiger partial charge in [-0.2, -0.15) is 0 Å². The molecule has 70 heavy (non-hydrogen) atoms. The number of unbranched alkanes of at least 4 members (excludes halogenated alkanes) is 31. The minimum atomic E-state index is -0.791. The van der Waals surface area contributed by atoms with Gasteiger partial charge in [0.25, 0.3) is 0 Å². The predicted molar refractivity (Wildman–Crippen MR) is 302 cm³/mol. The molecule has 6 heteroatoms. The summed E-state index contributed by atoms with van der Waals surface area (Å²) in [5.74, 6) is -0.912. The van der Waals surface area contributed by atoms with Crippen LogP contribution >= 0.6 is 0 Å². The van der Waals surface area contributed by atoms with E-state index in [0.29, 0.717) is 19.3 Å². The van der Waals surface area contributed by atoms with Gasteiger partial charge in [0.05, 0.1) is 0 Å². The molecule has 0 aromatic heterocycles. The average Bonchev–Trinajstić information content (AvgIpc) is 3.36. The van der Waals surface area contributed by atoms with Crippen LogP contribution < -0.4 is 0 Å². The van der Waals surface area contributed by atoms with Crippen LogP contribution in [0.25, 0.3) is 0 Å². The lowest BCUT2D eigenvalue weighted by molar-refractivity contribution is -0.167. The molecule has 0 bridgehead atoms. The monoisotopic (exact) mass is 977 g/mol. The predicted octanol–water partition coefficient (Wildman–Crippen LogP) is 20.2. The van der Waals surface area contributed by atoms with E-state index in [1.807, 2.05) is 0 Å². The van der Waals surface area contributed by atoms with Crippen LogP contribution in [0.1, 0.15) is 297 Å². The third kappa shape index (κ3) is 55.8. The lowest BCUT2D eigenvalue weighted by Gasteiger charge is -2.18. The van der Waals surface area contributed by atoms with Crippen LogP contribution in [0.15, 0.2) is 72.9 Å². The minimum Gasteiger partial charge on any atom is -0.462 e. The van der Waals surface area contributed by atoms with Crippen molar-refractivity contribution in [2.24, 2.45) is 0 Å². The van der Waals surface area contributed by atoms with Crippen molar-refractivity contribution < 1.29 is 28.6 Å². The maximum atomic E-state index is 12.8. The molecule has 0 amide bonds. The fraction of sp³-hybridized carbons (Fsp3) is 0.766. The number of carbonyl (C=O) groups excluding carboxylic acids is 3. The van der Waals surface area contributed by atoms with Crippen LogP contribution in [0.3, 0.4) is 0 Å². The highest BCUT2D eigenvalue weighted by Crippen LogP contribution is 2.16. The van der Waals surface area contributed by atoms with Crippen molar-refractivity contribution in [3.8, 4) is 0 Å². The highest BCUT2D eigenvalue weighted by atomic mass is 16.6. The molecule has 0 aliphatic rings. The number of hydrogen-bond donors (Lipinski definition) is 0. The van der Waals surface area contributed by atoms with E-state index in [2.05, 4.69) is 93.7 Å². The fourth-order valence-corrected chi connectivity index (χ4v) is 8.47. The number of esters is 3. The summed E-state index contributed by atoms with van der Waals surface area (Å²) in [6, 6.07) is 0. The number of hydrogen-bond acceptors (Lipinski definition) is 6. The first kappa shape index (κ1) is 66.9. The van der Waals surface area contributed by atoms with Gasteiger partial charge in [-0.1, -0.05) is 261 Å². The molecule has 404 valence electrons. The van der Waals surface area contributed by atoms with Gasteiger partial charge in [-0.05, 0) is 89.9 Å². The van der Waals surface area contributed by atoms with E-state index >= 15 is 0 Å². The Morgan fingerprint density at radius 3 is 0.900 bits per heavy atom. The Balaban J connectivity index is 4.31. The van der Waals surface area contributed by atoms with Crippen molar-refractivity contribution in [3.63, 3.8) is 0 Å². The second-order valence-electron chi connectivity index (χ2n) is 19.9. The molecule has 0 aliphatic carbocycles. The molecule has 0 fully saturated rings. The van der Waals surface area contributed by atoms with Crippen LogP contribution in [0.2, 0.25) is 0 Å². The van der Waals surface area contributed by atoms with Crippen molar-refractivity contribution >= 4 is 17.9 Å². The molecule has 0 aromatic carbocycles. The summed E-state index contributed by atoms with van der Waals surface area (Å²) in [6.07, 6.45) is 74.8. The van der Waals surface area contributed by atoms with Gasteiger partial charge in [0.2, 0.25) is 0 Å². The SMILES string of the molecule is CC/C=C\C/C=C\C/C=C\C/C=C\C/C=C\CCCCCC(=O)OC(COC(=O)CCCCCCCCCCCC)COC(=O)CCCCCCCCCCCCC/C=C\CCCCCCCCCC. The van der Waals surface area contributed by atoms with Gasteiger partial charge in [-0.3, -0.25) is 14.4 Å². The molecule has 1 unspecified atom stereocenters. The third-order valence-corrected chi connectivity index (χ3v) is 12.9. The molecular weight excluding hydrogens is 865 g/mol. The molecule has 0 radical (unpaired) electrons. The fourth-order valence-electron chi connectivity index (χ4n) is 8.47. The Morgan fingerprint density at radius 2 is 0.557 bits per heavy atom. The summed E-state index contributed by atoms with van der Waals surface area (Å²) >= 11 is 0. The molecule has 0 saturated heterocycles. The van der Waals surface area contributed by atoms with Crippen molar-refractivity contribution in [3.05, 3.63) is 72.9 Å². The second-order valence-corrected chi connectivity index (χ2v) is 19.9. The summed E-state index contributed by atoms with van der Waals surface area (Å²) in [5, 5.41) is 0. The van der Waals surface area contributed by atoms with E-state index in [1.54, 1.807) is 0 Å². The first-order valence-corrected chi connectivity index (χ1v) is 29.9. The topological polar surface area (TPSA) is 78.9 Å². The Hall–Kier alpha value is -3.15. The summed E-state index contributed by atoms with van der Waals surface area (Å²) in [7, 11) is 0. The van der Waals surface area contributed by atoms with E-state index in [1.165, 1.54) is 161 Å². The smallest absolute Gasteiger partial charge is 0.306 e. The first-order chi connectivity index (χ1) is 34.5. The largest absolute Gasteiger partial charge is 0.462 e. The maximum Gasteiger partial charge on any atom is 0.306 e. The summed E-state index contributed by atoms with van der Waals surface area (Å²) in [4.78, 5) is 38.1. The molecule has 0 rings (SSSR count). The molecule has 0 spiro atoms. The molecule has 0 heterocycles. The third-order valence-electron chi connectivity index (χ3n) is 12.9. The molecular formula is C64H112O6. The Bertz CT molecular complexity index is 1310. The van der Waals surface area contributed by atoms with Crippen molar-refractivity contribution in [1.82, 2.24) is 0 Å². The van der Waals surface area contributed by atoms with Crippen molar-refractivity contribution in [2.75, 3.05) is 13.2 Å². The van der Waals surface area contributed by atoms with E-state index in [-0.39, 0.29) is 31.1 Å². The second kappa shape index (κ2) is 58.4. The van der Waals surface area contributed by atoms with Crippen LogP contribution in [0, 0.1) is 0 Å². The van der Waals surface area contributed by atoms with E-state index in [0.717, 1.165) is 96.3 Å². The minimum absolute atomic E-state index is 0.0868. The van der Waals surface area contributed by atoms with Gasteiger partial charge < -0.3 is 14.2 Å². The highest BCUT2D eigenvalue weighted by molar-refractivity contribution is 5.71. The van der Waals surface area contributed by atoms with Crippen LogP contribution in [-0.2, 0) is 28.6 Å². The molecule has 6 nitrogen and oxygen atoms in total. The first-order valence-electron chi connectivity index (χ1n) is 29.9.